The molecule has 1 aromatic heterocycles. The van der Waals surface area contributed by atoms with Crippen LogP contribution in [-0.4, -0.2) is 57.7 Å². The number of nitrogens with zero attached hydrogens (tertiary/aromatic N) is 4. The Balaban J connectivity index is 1.23. The summed E-state index contributed by atoms with van der Waals surface area (Å²) in [6.07, 6.45) is 0.900. The van der Waals surface area contributed by atoms with Gasteiger partial charge in [-0.05, 0) is 42.3 Å². The Hall–Kier alpha value is -4.43. The molecule has 0 bridgehead atoms. The molecule has 41 heavy (non-hydrogen) atoms. The largest absolute Gasteiger partial charge is 0.478 e. The van der Waals surface area contributed by atoms with E-state index >= 15 is 0 Å². The van der Waals surface area contributed by atoms with Crippen molar-refractivity contribution < 1.29 is 19.4 Å². The Morgan fingerprint density at radius 1 is 0.854 bits per heavy atom. The molecule has 1 atom stereocenters. The van der Waals surface area contributed by atoms with Crippen LogP contribution >= 0.6 is 0 Å². The zero-order valence-electron chi connectivity index (χ0n) is 23.6. The van der Waals surface area contributed by atoms with Gasteiger partial charge >= 0.3 is 5.97 Å². The average Bonchev–Trinajstić information content (AvgIpc) is 2.99. The maximum atomic E-state index is 12.1. The number of ether oxygens (including phenoxy) is 2. The summed E-state index contributed by atoms with van der Waals surface area (Å²) in [6, 6.07) is 28.8. The number of benzene rings is 3. The van der Waals surface area contributed by atoms with Crippen molar-refractivity contribution >= 4 is 11.8 Å². The van der Waals surface area contributed by atoms with Gasteiger partial charge in [0, 0.05) is 51.6 Å². The van der Waals surface area contributed by atoms with Gasteiger partial charge in [-0.3, -0.25) is 4.90 Å². The van der Waals surface area contributed by atoms with E-state index in [2.05, 4.69) is 39.0 Å². The highest BCUT2D eigenvalue weighted by molar-refractivity contribution is 5.78. The second-order valence-corrected chi connectivity index (χ2v) is 10.5. The topological polar surface area (TPSA) is 88.0 Å². The first-order valence-corrected chi connectivity index (χ1v) is 14.0. The number of piperazine rings is 1. The molecule has 1 aliphatic heterocycles. The van der Waals surface area contributed by atoms with Gasteiger partial charge < -0.3 is 19.5 Å². The summed E-state index contributed by atoms with van der Waals surface area (Å²) in [5, 5.41) is 9.90. The van der Waals surface area contributed by atoms with Gasteiger partial charge in [0.15, 0.2) is 0 Å². The van der Waals surface area contributed by atoms with Crippen LogP contribution in [0, 0.1) is 0 Å². The number of carbonyl (C=O) groups is 1. The van der Waals surface area contributed by atoms with E-state index in [0.717, 1.165) is 49.9 Å². The zero-order valence-corrected chi connectivity index (χ0v) is 23.6. The average molecular weight is 553 g/mol. The normalized spacial score (nSPS) is 15.2. The molecule has 3 aromatic carbocycles. The molecule has 212 valence electrons. The lowest BCUT2D eigenvalue weighted by Crippen LogP contribution is -2.46. The van der Waals surface area contributed by atoms with Crippen LogP contribution in [0.5, 0.6) is 17.4 Å². The number of hydrogen-bond donors (Lipinski definition) is 1. The number of aryl methyl sites for hydroxylation is 1. The Labute approximate surface area is 241 Å². The second kappa shape index (κ2) is 12.8. The number of aromatic nitrogens is 2. The van der Waals surface area contributed by atoms with E-state index in [1.165, 1.54) is 5.56 Å². The third-order valence-corrected chi connectivity index (χ3v) is 7.22. The van der Waals surface area contributed by atoms with Crippen LogP contribution in [0.25, 0.3) is 0 Å². The van der Waals surface area contributed by atoms with Crippen molar-refractivity contribution in [3.63, 3.8) is 0 Å². The van der Waals surface area contributed by atoms with Gasteiger partial charge in [-0.25, -0.2) is 9.78 Å². The summed E-state index contributed by atoms with van der Waals surface area (Å²) in [7, 11) is 0. The van der Waals surface area contributed by atoms with Crippen molar-refractivity contribution in [1.82, 2.24) is 14.9 Å². The highest BCUT2D eigenvalue weighted by Crippen LogP contribution is 2.27. The smallest absolute Gasteiger partial charge is 0.348 e. The minimum atomic E-state index is -1.41. The van der Waals surface area contributed by atoms with E-state index in [-0.39, 0.29) is 6.42 Å². The van der Waals surface area contributed by atoms with Crippen molar-refractivity contribution in [2.75, 3.05) is 31.1 Å². The number of hydrogen-bond acceptors (Lipinski definition) is 7. The van der Waals surface area contributed by atoms with E-state index in [0.29, 0.717) is 23.8 Å². The SMILES string of the molecule is CCc1nc(Oc2ccc(CC(C)(Oc3ccccc3)C(=O)O)cc2)cc(N2CCN(Cc3ccccc3)CC2)n1. The molecule has 5 rings (SSSR count). The number of para-hydroxylation sites is 1. The number of carboxylic acids is 1. The van der Waals surface area contributed by atoms with Gasteiger partial charge in [-0.2, -0.15) is 4.98 Å². The number of rotatable bonds is 11. The quantitative estimate of drug-likeness (QED) is 0.257. The van der Waals surface area contributed by atoms with Crippen molar-refractivity contribution in [2.45, 2.75) is 38.8 Å². The van der Waals surface area contributed by atoms with Crippen molar-refractivity contribution in [1.29, 1.82) is 0 Å². The van der Waals surface area contributed by atoms with Crippen molar-refractivity contribution in [3.8, 4) is 17.4 Å². The molecule has 0 aliphatic carbocycles. The molecule has 8 heteroatoms. The molecule has 8 nitrogen and oxygen atoms in total. The fraction of sp³-hybridized carbons (Fsp3) is 0.303. The summed E-state index contributed by atoms with van der Waals surface area (Å²) >= 11 is 0. The lowest BCUT2D eigenvalue weighted by molar-refractivity contribution is -0.153. The number of anilines is 1. The fourth-order valence-electron chi connectivity index (χ4n) is 4.90. The van der Waals surface area contributed by atoms with E-state index in [1.54, 1.807) is 19.1 Å². The molecule has 1 unspecified atom stereocenters. The van der Waals surface area contributed by atoms with Gasteiger partial charge in [0.05, 0.1) is 0 Å². The molecular weight excluding hydrogens is 516 g/mol. The number of aliphatic carboxylic acids is 1. The van der Waals surface area contributed by atoms with Crippen LogP contribution in [0.1, 0.15) is 30.8 Å². The standard InChI is InChI=1S/C33H36N4O4/c1-3-29-34-30(37-20-18-36(19-21-37)24-26-10-6-4-7-11-26)22-31(35-29)40-27-16-14-25(15-17-27)23-33(2,32(38)39)41-28-12-8-5-9-13-28/h4-17,22H,3,18-21,23-24H2,1-2H3,(H,38,39). The third-order valence-electron chi connectivity index (χ3n) is 7.22. The zero-order chi connectivity index (χ0) is 28.7. The van der Waals surface area contributed by atoms with Gasteiger partial charge in [0.2, 0.25) is 11.5 Å². The first kappa shape index (κ1) is 28.1. The minimum Gasteiger partial charge on any atom is -0.478 e. The lowest BCUT2D eigenvalue weighted by atomic mass is 9.96. The molecule has 0 saturated carbocycles. The molecule has 1 fully saturated rings. The molecule has 1 saturated heterocycles. The highest BCUT2D eigenvalue weighted by Gasteiger charge is 2.36. The molecule has 0 spiro atoms. The highest BCUT2D eigenvalue weighted by atomic mass is 16.5. The Morgan fingerprint density at radius 2 is 1.51 bits per heavy atom. The summed E-state index contributed by atoms with van der Waals surface area (Å²) < 4.78 is 12.0. The monoisotopic (exact) mass is 552 g/mol. The van der Waals surface area contributed by atoms with Gasteiger partial charge in [0.1, 0.15) is 23.1 Å². The van der Waals surface area contributed by atoms with Crippen LogP contribution in [0.4, 0.5) is 5.82 Å². The fourth-order valence-corrected chi connectivity index (χ4v) is 4.90. The summed E-state index contributed by atoms with van der Waals surface area (Å²) in [4.78, 5) is 26.2. The first-order chi connectivity index (χ1) is 19.9. The van der Waals surface area contributed by atoms with Crippen LogP contribution in [0.3, 0.4) is 0 Å². The molecule has 1 N–H and O–H groups in total. The van der Waals surface area contributed by atoms with E-state index < -0.39 is 11.6 Å². The predicted octanol–water partition coefficient (Wildman–Crippen LogP) is 5.62. The number of carboxylic acid groups (broad SMARTS) is 1. The third kappa shape index (κ3) is 7.41. The minimum absolute atomic E-state index is 0.200. The molecule has 4 aromatic rings. The molecular formula is C33H36N4O4. The van der Waals surface area contributed by atoms with E-state index in [1.807, 2.05) is 61.5 Å². The van der Waals surface area contributed by atoms with E-state index in [9.17, 15) is 9.90 Å². The van der Waals surface area contributed by atoms with Gasteiger partial charge in [-0.1, -0.05) is 67.6 Å². The van der Waals surface area contributed by atoms with Gasteiger partial charge in [0.25, 0.3) is 0 Å². The molecule has 2 heterocycles. The maximum Gasteiger partial charge on any atom is 0.348 e. The second-order valence-electron chi connectivity index (χ2n) is 10.5. The Morgan fingerprint density at radius 3 is 2.15 bits per heavy atom. The van der Waals surface area contributed by atoms with Crippen LogP contribution in [-0.2, 0) is 24.2 Å². The van der Waals surface area contributed by atoms with Crippen LogP contribution in [0.2, 0.25) is 0 Å². The van der Waals surface area contributed by atoms with Crippen molar-refractivity contribution in [2.24, 2.45) is 0 Å². The van der Waals surface area contributed by atoms with E-state index in [4.69, 9.17) is 14.5 Å². The van der Waals surface area contributed by atoms with Crippen LogP contribution < -0.4 is 14.4 Å². The molecule has 0 radical (unpaired) electrons. The maximum absolute atomic E-state index is 12.1. The summed E-state index contributed by atoms with van der Waals surface area (Å²) in [5.41, 5.74) is 0.741. The molecule has 1 aliphatic rings. The van der Waals surface area contributed by atoms with Crippen molar-refractivity contribution in [3.05, 3.63) is 108 Å². The lowest BCUT2D eigenvalue weighted by Gasteiger charge is -2.35. The predicted molar refractivity (Wildman–Crippen MR) is 159 cm³/mol. The van der Waals surface area contributed by atoms with Gasteiger partial charge in [-0.15, -0.1) is 0 Å². The summed E-state index contributed by atoms with van der Waals surface area (Å²) in [6.45, 7) is 8.26. The van der Waals surface area contributed by atoms with Crippen LogP contribution in [0.15, 0.2) is 91.0 Å². The first-order valence-electron chi connectivity index (χ1n) is 14.0. The Bertz CT molecular complexity index is 1430. The molecule has 0 amide bonds. The summed E-state index contributed by atoms with van der Waals surface area (Å²) in [5.74, 6) is 2.21. The Kier molecular flexibility index (Phi) is 8.79.